The molecule has 1 aromatic heterocycles. The van der Waals surface area contributed by atoms with Crippen LogP contribution in [0.15, 0.2) is 30.5 Å². The number of hydrogen-bond acceptors (Lipinski definition) is 2. The molecule has 0 bridgehead atoms. The van der Waals surface area contributed by atoms with Crippen molar-refractivity contribution >= 4 is 23.0 Å². The molecule has 0 aliphatic heterocycles. The number of aryl methyl sites for hydroxylation is 2. The summed E-state index contributed by atoms with van der Waals surface area (Å²) >= 11 is 5.16. The molecule has 2 N–H and O–H groups in total. The van der Waals surface area contributed by atoms with Crippen molar-refractivity contribution < 1.29 is 13.2 Å². The van der Waals surface area contributed by atoms with E-state index in [1.54, 1.807) is 4.68 Å². The molecule has 1 atom stereocenters. The van der Waals surface area contributed by atoms with Gasteiger partial charge in [-0.25, -0.2) is 0 Å². The van der Waals surface area contributed by atoms with Gasteiger partial charge in [0, 0.05) is 18.3 Å². The Morgan fingerprint density at radius 1 is 1.33 bits per heavy atom. The maximum Gasteiger partial charge on any atom is 0.418 e. The number of nitrogens with zero attached hydrogens (tertiary/aromatic N) is 2. The van der Waals surface area contributed by atoms with Crippen LogP contribution in [0, 0.1) is 6.92 Å². The van der Waals surface area contributed by atoms with E-state index in [4.69, 9.17) is 12.2 Å². The lowest BCUT2D eigenvalue weighted by molar-refractivity contribution is -0.136. The smallest absolute Gasteiger partial charge is 0.356 e. The molecule has 24 heavy (non-hydrogen) atoms. The van der Waals surface area contributed by atoms with Gasteiger partial charge in [-0.3, -0.25) is 4.68 Å². The van der Waals surface area contributed by atoms with Crippen molar-refractivity contribution in [3.05, 3.63) is 47.3 Å². The highest BCUT2D eigenvalue weighted by atomic mass is 32.1. The van der Waals surface area contributed by atoms with Crippen LogP contribution in [0.5, 0.6) is 0 Å². The number of alkyl halides is 3. The van der Waals surface area contributed by atoms with Crippen LogP contribution in [0.2, 0.25) is 0 Å². The van der Waals surface area contributed by atoms with Gasteiger partial charge in [0.1, 0.15) is 0 Å². The summed E-state index contributed by atoms with van der Waals surface area (Å²) in [4.78, 5) is 0. The van der Waals surface area contributed by atoms with Crippen molar-refractivity contribution in [2.75, 3.05) is 5.32 Å². The normalized spacial score (nSPS) is 12.8. The average molecular weight is 356 g/mol. The standard InChI is InChI=1S/C16H19F3N4S/c1-4-23-9-12(11(3)22-23)10(2)20-15(24)21-14-8-6-5-7-13(14)16(17,18)19/h5-10H,4H2,1-3H3,(H2,20,21,24)/t10-/m1/s1. The van der Waals surface area contributed by atoms with Crippen LogP contribution < -0.4 is 10.6 Å². The fourth-order valence-corrected chi connectivity index (χ4v) is 2.68. The second-order valence-corrected chi connectivity index (χ2v) is 5.80. The fourth-order valence-electron chi connectivity index (χ4n) is 2.39. The fraction of sp³-hybridized carbons (Fsp3) is 0.375. The minimum atomic E-state index is -4.44. The van der Waals surface area contributed by atoms with Gasteiger partial charge in [0.15, 0.2) is 5.11 Å². The van der Waals surface area contributed by atoms with Crippen LogP contribution in [0.4, 0.5) is 18.9 Å². The van der Waals surface area contributed by atoms with Crippen LogP contribution >= 0.6 is 12.2 Å². The van der Waals surface area contributed by atoms with Gasteiger partial charge in [0.05, 0.1) is 23.0 Å². The Kier molecular flexibility index (Phi) is 5.48. The topological polar surface area (TPSA) is 41.9 Å². The molecule has 0 saturated carbocycles. The zero-order valence-corrected chi connectivity index (χ0v) is 14.4. The van der Waals surface area contributed by atoms with Gasteiger partial charge in [-0.05, 0) is 45.1 Å². The monoisotopic (exact) mass is 356 g/mol. The summed E-state index contributed by atoms with van der Waals surface area (Å²) in [6.07, 6.45) is -2.54. The summed E-state index contributed by atoms with van der Waals surface area (Å²) in [5.74, 6) is 0. The van der Waals surface area contributed by atoms with Crippen molar-refractivity contribution in [3.63, 3.8) is 0 Å². The van der Waals surface area contributed by atoms with Crippen LogP contribution in [0.25, 0.3) is 0 Å². The summed E-state index contributed by atoms with van der Waals surface area (Å²) in [6.45, 7) is 6.49. The molecule has 2 aromatic rings. The van der Waals surface area contributed by atoms with E-state index in [0.29, 0.717) is 0 Å². The van der Waals surface area contributed by atoms with E-state index in [1.165, 1.54) is 18.2 Å². The molecule has 4 nitrogen and oxygen atoms in total. The Morgan fingerprint density at radius 3 is 2.58 bits per heavy atom. The zero-order valence-electron chi connectivity index (χ0n) is 13.6. The van der Waals surface area contributed by atoms with Gasteiger partial charge in [-0.15, -0.1) is 0 Å². The second kappa shape index (κ2) is 7.21. The summed E-state index contributed by atoms with van der Waals surface area (Å²) in [5.41, 5.74) is 0.980. The molecule has 8 heteroatoms. The van der Waals surface area contributed by atoms with Crippen LogP contribution in [-0.2, 0) is 12.7 Å². The number of thiocarbonyl (C=S) groups is 1. The summed E-state index contributed by atoms with van der Waals surface area (Å²) in [7, 11) is 0. The molecule has 130 valence electrons. The summed E-state index contributed by atoms with van der Waals surface area (Å²) in [6, 6.07) is 5.06. The highest BCUT2D eigenvalue weighted by Crippen LogP contribution is 2.34. The predicted octanol–water partition coefficient (Wildman–Crippen LogP) is 4.28. The highest BCUT2D eigenvalue weighted by molar-refractivity contribution is 7.80. The Labute approximate surface area is 144 Å². The van der Waals surface area contributed by atoms with Gasteiger partial charge >= 0.3 is 6.18 Å². The Hall–Kier alpha value is -2.09. The molecule has 1 heterocycles. The minimum absolute atomic E-state index is 0.0734. The third-order valence-electron chi connectivity index (χ3n) is 3.60. The van der Waals surface area contributed by atoms with Crippen LogP contribution in [0.3, 0.4) is 0 Å². The number of halogens is 3. The minimum Gasteiger partial charge on any atom is -0.356 e. The Morgan fingerprint density at radius 2 is 2.00 bits per heavy atom. The predicted molar refractivity (Wildman–Crippen MR) is 91.9 cm³/mol. The molecule has 2 rings (SSSR count). The molecule has 0 radical (unpaired) electrons. The van der Waals surface area contributed by atoms with Crippen molar-refractivity contribution in [2.24, 2.45) is 0 Å². The Balaban J connectivity index is 2.10. The van der Waals surface area contributed by atoms with Gasteiger partial charge in [0.2, 0.25) is 0 Å². The van der Waals surface area contributed by atoms with Gasteiger partial charge in [-0.1, -0.05) is 12.1 Å². The number of hydrogen-bond donors (Lipinski definition) is 2. The summed E-state index contributed by atoms with van der Waals surface area (Å²) in [5, 5.41) is 10.1. The SMILES string of the molecule is CCn1cc([C@@H](C)NC(=S)Nc2ccccc2C(F)(F)F)c(C)n1. The molecule has 1 aromatic carbocycles. The third-order valence-corrected chi connectivity index (χ3v) is 3.82. The van der Waals surface area contributed by atoms with Crippen molar-refractivity contribution in [1.82, 2.24) is 15.1 Å². The van der Waals surface area contributed by atoms with Crippen LogP contribution in [-0.4, -0.2) is 14.9 Å². The Bertz CT molecular complexity index is 724. The first kappa shape index (κ1) is 18.3. The third kappa shape index (κ3) is 4.25. The molecule has 0 unspecified atom stereocenters. The van der Waals surface area contributed by atoms with Gasteiger partial charge in [-0.2, -0.15) is 18.3 Å². The van der Waals surface area contributed by atoms with E-state index in [-0.39, 0.29) is 16.8 Å². The molecule has 0 fully saturated rings. The van der Waals surface area contributed by atoms with Crippen LogP contribution in [0.1, 0.15) is 36.7 Å². The first-order valence-corrected chi connectivity index (χ1v) is 7.91. The van der Waals surface area contributed by atoms with E-state index in [9.17, 15) is 13.2 Å². The van der Waals surface area contributed by atoms with E-state index in [1.807, 2.05) is 27.0 Å². The molecule has 0 aliphatic carbocycles. The van der Waals surface area contributed by atoms with E-state index < -0.39 is 11.7 Å². The average Bonchev–Trinajstić information content (AvgIpc) is 2.88. The number of anilines is 1. The highest BCUT2D eigenvalue weighted by Gasteiger charge is 2.33. The first-order chi connectivity index (χ1) is 11.2. The van der Waals surface area contributed by atoms with Gasteiger partial charge in [0.25, 0.3) is 0 Å². The molecule has 0 saturated heterocycles. The number of para-hydroxylation sites is 1. The zero-order chi connectivity index (χ0) is 17.9. The summed E-state index contributed by atoms with van der Waals surface area (Å²) < 4.78 is 40.8. The van der Waals surface area contributed by atoms with E-state index in [2.05, 4.69) is 15.7 Å². The van der Waals surface area contributed by atoms with Crippen molar-refractivity contribution in [1.29, 1.82) is 0 Å². The molecule has 0 aliphatic rings. The molecule has 0 spiro atoms. The lowest BCUT2D eigenvalue weighted by Gasteiger charge is -2.19. The number of nitrogens with one attached hydrogen (secondary N) is 2. The maximum atomic E-state index is 13.0. The van der Waals surface area contributed by atoms with Gasteiger partial charge < -0.3 is 10.6 Å². The quantitative estimate of drug-likeness (QED) is 0.803. The van der Waals surface area contributed by atoms with Crippen molar-refractivity contribution in [2.45, 2.75) is 39.5 Å². The first-order valence-electron chi connectivity index (χ1n) is 7.50. The van der Waals surface area contributed by atoms with Crippen molar-refractivity contribution in [3.8, 4) is 0 Å². The number of benzene rings is 1. The maximum absolute atomic E-state index is 13.0. The second-order valence-electron chi connectivity index (χ2n) is 5.39. The lowest BCUT2D eigenvalue weighted by Crippen LogP contribution is -2.31. The number of rotatable bonds is 4. The number of aromatic nitrogens is 2. The molecular weight excluding hydrogens is 337 g/mol. The molecule has 0 amide bonds. The molecular formula is C16H19F3N4S. The van der Waals surface area contributed by atoms with E-state index >= 15 is 0 Å². The van der Waals surface area contributed by atoms with E-state index in [0.717, 1.165) is 23.9 Å². The lowest BCUT2D eigenvalue weighted by atomic mass is 10.1. The largest absolute Gasteiger partial charge is 0.418 e.